The van der Waals surface area contributed by atoms with Crippen LogP contribution in [-0.4, -0.2) is 41.4 Å². The number of carbonyl (C=O) groups excluding carboxylic acids is 2. The lowest BCUT2D eigenvalue weighted by Crippen LogP contribution is -2.61. The van der Waals surface area contributed by atoms with Crippen LogP contribution >= 0.6 is 0 Å². The average molecular weight is 351 g/mol. The van der Waals surface area contributed by atoms with Crippen LogP contribution < -0.4 is 10.6 Å². The molecule has 1 aromatic rings. The molecule has 0 spiro atoms. The van der Waals surface area contributed by atoms with Crippen molar-refractivity contribution >= 4 is 11.8 Å². The van der Waals surface area contributed by atoms with E-state index >= 15 is 0 Å². The predicted molar refractivity (Wildman–Crippen MR) is 88.5 cm³/mol. The molecule has 3 rings (SSSR count). The predicted octanol–water partition coefficient (Wildman–Crippen LogP) is 1.57. The molecule has 1 aromatic carbocycles. The van der Waals surface area contributed by atoms with E-state index in [-0.39, 0.29) is 30.0 Å². The lowest BCUT2D eigenvalue weighted by molar-refractivity contribution is -0.147. The van der Waals surface area contributed by atoms with Crippen molar-refractivity contribution < 1.29 is 18.4 Å². The summed E-state index contributed by atoms with van der Waals surface area (Å²) >= 11 is 0. The molecule has 3 atom stereocenters. The van der Waals surface area contributed by atoms with Crippen LogP contribution in [0.15, 0.2) is 18.2 Å². The van der Waals surface area contributed by atoms with Crippen molar-refractivity contribution in [2.45, 2.75) is 51.4 Å². The molecule has 2 heterocycles. The van der Waals surface area contributed by atoms with Crippen LogP contribution in [0.2, 0.25) is 0 Å². The van der Waals surface area contributed by atoms with Crippen molar-refractivity contribution in [3.8, 4) is 0 Å². The summed E-state index contributed by atoms with van der Waals surface area (Å²) in [4.78, 5) is 26.5. The maximum absolute atomic E-state index is 13.7. The summed E-state index contributed by atoms with van der Waals surface area (Å²) in [7, 11) is 0. The molecular weight excluding hydrogens is 328 g/mol. The van der Waals surface area contributed by atoms with Crippen LogP contribution in [-0.2, 0) is 16.1 Å². The molecule has 0 radical (unpaired) electrons. The molecule has 7 heteroatoms. The molecule has 2 fully saturated rings. The van der Waals surface area contributed by atoms with Gasteiger partial charge in [-0.3, -0.25) is 9.59 Å². The van der Waals surface area contributed by atoms with E-state index in [1.54, 1.807) is 4.90 Å². The SMILES string of the molecule is CC(C)C[C@H]1NC(=O)[C@@H]2C[C@H](NCc3cc(F)ccc3F)CN2C1=O. The first-order valence-electron chi connectivity index (χ1n) is 8.63. The summed E-state index contributed by atoms with van der Waals surface area (Å²) in [6.45, 7) is 4.57. The van der Waals surface area contributed by atoms with Crippen LogP contribution in [0.3, 0.4) is 0 Å². The number of piperazine rings is 1. The van der Waals surface area contributed by atoms with Crippen molar-refractivity contribution in [2.75, 3.05) is 6.54 Å². The molecule has 0 saturated carbocycles. The van der Waals surface area contributed by atoms with Gasteiger partial charge in [0.05, 0.1) is 0 Å². The Labute approximate surface area is 145 Å². The summed E-state index contributed by atoms with van der Waals surface area (Å²) < 4.78 is 26.9. The lowest BCUT2D eigenvalue weighted by Gasteiger charge is -2.35. The second-order valence-electron chi connectivity index (χ2n) is 7.25. The summed E-state index contributed by atoms with van der Waals surface area (Å²) in [6.07, 6.45) is 1.09. The van der Waals surface area contributed by atoms with E-state index in [9.17, 15) is 18.4 Å². The number of fused-ring (bicyclic) bond motifs is 1. The van der Waals surface area contributed by atoms with Crippen LogP contribution in [0.25, 0.3) is 0 Å². The van der Waals surface area contributed by atoms with E-state index in [0.717, 1.165) is 18.2 Å². The van der Waals surface area contributed by atoms with Crippen molar-refractivity contribution in [1.82, 2.24) is 15.5 Å². The highest BCUT2D eigenvalue weighted by atomic mass is 19.1. The van der Waals surface area contributed by atoms with E-state index in [1.807, 2.05) is 13.8 Å². The van der Waals surface area contributed by atoms with Crippen molar-refractivity contribution in [1.29, 1.82) is 0 Å². The Hall–Kier alpha value is -2.02. The molecule has 136 valence electrons. The van der Waals surface area contributed by atoms with Gasteiger partial charge in [-0.05, 0) is 37.0 Å². The zero-order valence-electron chi connectivity index (χ0n) is 14.4. The molecule has 2 aliphatic rings. The molecular formula is C18H23F2N3O2. The molecule has 0 aromatic heterocycles. The number of nitrogens with zero attached hydrogens (tertiary/aromatic N) is 1. The minimum atomic E-state index is -0.492. The zero-order valence-corrected chi connectivity index (χ0v) is 14.4. The van der Waals surface area contributed by atoms with Crippen molar-refractivity contribution in [3.63, 3.8) is 0 Å². The summed E-state index contributed by atoms with van der Waals surface area (Å²) in [5.41, 5.74) is 0.235. The molecule has 25 heavy (non-hydrogen) atoms. The van der Waals surface area contributed by atoms with Gasteiger partial charge in [0.2, 0.25) is 11.8 Å². The van der Waals surface area contributed by atoms with Crippen LogP contribution in [0.1, 0.15) is 32.3 Å². The molecule has 5 nitrogen and oxygen atoms in total. The van der Waals surface area contributed by atoms with Crippen molar-refractivity contribution in [3.05, 3.63) is 35.4 Å². The highest BCUT2D eigenvalue weighted by molar-refractivity contribution is 5.97. The highest BCUT2D eigenvalue weighted by Crippen LogP contribution is 2.25. The fraction of sp³-hybridized carbons (Fsp3) is 0.556. The second-order valence-corrected chi connectivity index (χ2v) is 7.25. The van der Waals surface area contributed by atoms with Gasteiger partial charge in [-0.15, -0.1) is 0 Å². The van der Waals surface area contributed by atoms with Gasteiger partial charge in [0.15, 0.2) is 0 Å². The van der Waals surface area contributed by atoms with E-state index in [2.05, 4.69) is 10.6 Å². The number of benzene rings is 1. The lowest BCUT2D eigenvalue weighted by atomic mass is 9.99. The quantitative estimate of drug-likeness (QED) is 0.847. The fourth-order valence-corrected chi connectivity index (χ4v) is 3.57. The number of halogens is 2. The van der Waals surface area contributed by atoms with Gasteiger partial charge in [0.25, 0.3) is 0 Å². The number of amides is 2. The van der Waals surface area contributed by atoms with E-state index in [4.69, 9.17) is 0 Å². The van der Waals surface area contributed by atoms with Gasteiger partial charge in [-0.2, -0.15) is 0 Å². The highest BCUT2D eigenvalue weighted by Gasteiger charge is 2.46. The second kappa shape index (κ2) is 7.07. The first kappa shape index (κ1) is 17.8. The first-order valence-corrected chi connectivity index (χ1v) is 8.63. The van der Waals surface area contributed by atoms with Crippen molar-refractivity contribution in [2.24, 2.45) is 5.92 Å². The zero-order chi connectivity index (χ0) is 18.1. The number of hydrogen-bond acceptors (Lipinski definition) is 3. The minimum Gasteiger partial charge on any atom is -0.342 e. The fourth-order valence-electron chi connectivity index (χ4n) is 3.57. The Morgan fingerprint density at radius 2 is 2.08 bits per heavy atom. The number of carbonyl (C=O) groups is 2. The third-order valence-electron chi connectivity index (χ3n) is 4.80. The van der Waals surface area contributed by atoms with E-state index in [0.29, 0.717) is 25.3 Å². The van der Waals surface area contributed by atoms with Crippen LogP contribution in [0.4, 0.5) is 8.78 Å². The first-order chi connectivity index (χ1) is 11.8. The van der Waals surface area contributed by atoms with Gasteiger partial charge in [-0.1, -0.05) is 13.8 Å². The molecule has 0 unspecified atom stereocenters. The third kappa shape index (κ3) is 3.81. The standard InChI is InChI=1S/C18H23F2N3O2/c1-10(2)5-15-18(25)23-9-13(7-16(23)17(24)22-15)21-8-11-6-12(19)3-4-14(11)20/h3-4,6,10,13,15-16,21H,5,7-9H2,1-2H3,(H,22,24)/t13-,15+,16-/m0/s1. The molecule has 0 aliphatic carbocycles. The largest absolute Gasteiger partial charge is 0.342 e. The maximum atomic E-state index is 13.7. The number of nitrogens with one attached hydrogen (secondary N) is 2. The van der Waals surface area contributed by atoms with Gasteiger partial charge >= 0.3 is 0 Å². The monoisotopic (exact) mass is 351 g/mol. The van der Waals surface area contributed by atoms with Crippen LogP contribution in [0.5, 0.6) is 0 Å². The Morgan fingerprint density at radius 3 is 2.80 bits per heavy atom. The summed E-state index contributed by atoms with van der Waals surface area (Å²) in [5, 5.41) is 5.95. The summed E-state index contributed by atoms with van der Waals surface area (Å²) in [6, 6.07) is 2.25. The molecule has 2 aliphatic heterocycles. The Kier molecular flexibility index (Phi) is 5.03. The maximum Gasteiger partial charge on any atom is 0.245 e. The van der Waals surface area contributed by atoms with Crippen LogP contribution in [0, 0.1) is 17.6 Å². The molecule has 2 N–H and O–H groups in total. The average Bonchev–Trinajstić information content (AvgIpc) is 2.98. The Morgan fingerprint density at radius 1 is 1.32 bits per heavy atom. The normalized spacial score (nSPS) is 26.1. The van der Waals surface area contributed by atoms with Gasteiger partial charge in [-0.25, -0.2) is 8.78 Å². The minimum absolute atomic E-state index is 0.0560. The molecule has 2 saturated heterocycles. The van der Waals surface area contributed by atoms with E-state index < -0.39 is 23.7 Å². The van der Waals surface area contributed by atoms with Gasteiger partial charge in [0.1, 0.15) is 23.7 Å². The van der Waals surface area contributed by atoms with Gasteiger partial charge in [0, 0.05) is 24.7 Å². The van der Waals surface area contributed by atoms with Gasteiger partial charge < -0.3 is 15.5 Å². The Bertz CT molecular complexity index is 680. The Balaban J connectivity index is 1.63. The summed E-state index contributed by atoms with van der Waals surface area (Å²) in [5.74, 6) is -0.854. The third-order valence-corrected chi connectivity index (χ3v) is 4.80. The van der Waals surface area contributed by atoms with E-state index in [1.165, 1.54) is 0 Å². The molecule has 2 amide bonds. The number of hydrogen-bond donors (Lipinski definition) is 2. The molecule has 0 bridgehead atoms. The smallest absolute Gasteiger partial charge is 0.245 e. The topological polar surface area (TPSA) is 61.4 Å². The number of rotatable bonds is 5.